The van der Waals surface area contributed by atoms with E-state index in [1.165, 1.54) is 12.1 Å². The largest absolute Gasteiger partial charge is 0.507 e. The molecule has 0 fully saturated rings. The van der Waals surface area contributed by atoms with Crippen LogP contribution in [0.25, 0.3) is 0 Å². The van der Waals surface area contributed by atoms with E-state index < -0.39 is 12.1 Å². The molecule has 0 amide bonds. The molecule has 0 heterocycles. The zero-order valence-corrected chi connectivity index (χ0v) is 7.80. The Morgan fingerprint density at radius 2 is 2.14 bits per heavy atom. The van der Waals surface area contributed by atoms with Gasteiger partial charge in [-0.3, -0.25) is 0 Å². The number of phenolic OH excluding ortho intramolecular Hbond substituents is 1. The molecular formula is C10H12O4. The lowest BCUT2D eigenvalue weighted by molar-refractivity contribution is 0.0194. The Labute approximate surface area is 81.8 Å². The number of benzene rings is 1. The molecule has 1 rings (SSSR count). The van der Waals surface area contributed by atoms with Crippen LogP contribution in [-0.2, 0) is 4.74 Å². The minimum atomic E-state index is -0.635. The summed E-state index contributed by atoms with van der Waals surface area (Å²) in [7, 11) is 0. The first-order valence-electron chi connectivity index (χ1n) is 4.25. The Kier molecular flexibility index (Phi) is 3.48. The zero-order valence-electron chi connectivity index (χ0n) is 7.80. The third-order valence-corrected chi connectivity index (χ3v) is 1.69. The number of rotatable bonds is 3. The van der Waals surface area contributed by atoms with Crippen LogP contribution in [0.15, 0.2) is 24.3 Å². The summed E-state index contributed by atoms with van der Waals surface area (Å²) in [5.41, 5.74) is 0.104. The molecule has 0 aliphatic heterocycles. The smallest absolute Gasteiger partial charge is 0.342 e. The van der Waals surface area contributed by atoms with Gasteiger partial charge in [0.05, 0.1) is 6.61 Å². The number of aliphatic hydroxyl groups excluding tert-OH is 1. The Morgan fingerprint density at radius 1 is 1.50 bits per heavy atom. The Balaban J connectivity index is 2.75. The van der Waals surface area contributed by atoms with Gasteiger partial charge in [0.1, 0.15) is 17.4 Å². The molecule has 1 aromatic carbocycles. The molecule has 0 aliphatic rings. The summed E-state index contributed by atoms with van der Waals surface area (Å²) in [5.74, 6) is -0.757. The second kappa shape index (κ2) is 4.62. The van der Waals surface area contributed by atoms with Crippen molar-refractivity contribution in [3.8, 4) is 5.75 Å². The molecule has 0 radical (unpaired) electrons. The summed E-state index contributed by atoms with van der Waals surface area (Å²) >= 11 is 0. The summed E-state index contributed by atoms with van der Waals surface area (Å²) in [4.78, 5) is 11.3. The molecule has 76 valence electrons. The molecular weight excluding hydrogens is 184 g/mol. The number of carbonyl (C=O) groups excluding carboxylic acids is 1. The maximum atomic E-state index is 11.3. The van der Waals surface area contributed by atoms with Crippen molar-refractivity contribution in [1.82, 2.24) is 0 Å². The maximum Gasteiger partial charge on any atom is 0.342 e. The predicted octanol–water partition coefficient (Wildman–Crippen LogP) is 0.930. The number of hydrogen-bond donors (Lipinski definition) is 2. The van der Waals surface area contributed by atoms with E-state index in [1.54, 1.807) is 19.1 Å². The van der Waals surface area contributed by atoms with E-state index in [4.69, 9.17) is 9.84 Å². The molecule has 4 nitrogen and oxygen atoms in total. The number of ether oxygens (including phenoxy) is 1. The average molecular weight is 196 g/mol. The van der Waals surface area contributed by atoms with Crippen LogP contribution in [0, 0.1) is 0 Å². The van der Waals surface area contributed by atoms with E-state index in [0.717, 1.165) is 0 Å². The van der Waals surface area contributed by atoms with Gasteiger partial charge in [-0.05, 0) is 19.1 Å². The number of hydrogen-bond acceptors (Lipinski definition) is 4. The van der Waals surface area contributed by atoms with Crippen molar-refractivity contribution < 1.29 is 19.7 Å². The molecule has 4 heteroatoms. The predicted molar refractivity (Wildman–Crippen MR) is 50.1 cm³/mol. The van der Waals surface area contributed by atoms with E-state index in [1.807, 2.05) is 0 Å². The van der Waals surface area contributed by atoms with Crippen LogP contribution in [0.2, 0.25) is 0 Å². The number of phenols is 1. The van der Waals surface area contributed by atoms with Gasteiger partial charge in [0.15, 0.2) is 0 Å². The fourth-order valence-electron chi connectivity index (χ4n) is 0.930. The van der Waals surface area contributed by atoms with Crippen molar-refractivity contribution in [2.75, 3.05) is 6.61 Å². The molecule has 1 aromatic rings. The van der Waals surface area contributed by atoms with Crippen molar-refractivity contribution >= 4 is 5.97 Å². The van der Waals surface area contributed by atoms with Gasteiger partial charge in [0.25, 0.3) is 0 Å². The van der Waals surface area contributed by atoms with E-state index in [-0.39, 0.29) is 17.9 Å². The lowest BCUT2D eigenvalue weighted by Crippen LogP contribution is -2.18. The standard InChI is InChI=1S/C10H12O4/c1-7(6-11)14-10(13)8-4-2-3-5-9(8)12/h2-5,7,11-12H,6H2,1H3. The van der Waals surface area contributed by atoms with Crippen LogP contribution in [0.4, 0.5) is 0 Å². The quantitative estimate of drug-likeness (QED) is 0.706. The third kappa shape index (κ3) is 2.47. The fraction of sp³-hybridized carbons (Fsp3) is 0.300. The molecule has 0 spiro atoms. The number of para-hydroxylation sites is 1. The number of esters is 1. The zero-order chi connectivity index (χ0) is 10.6. The summed E-state index contributed by atoms with van der Waals surface area (Å²) < 4.78 is 4.82. The van der Waals surface area contributed by atoms with Crippen LogP contribution in [-0.4, -0.2) is 28.9 Å². The number of aliphatic hydroxyl groups is 1. The topological polar surface area (TPSA) is 66.8 Å². The normalized spacial score (nSPS) is 12.1. The molecule has 0 aromatic heterocycles. The monoisotopic (exact) mass is 196 g/mol. The van der Waals surface area contributed by atoms with Crippen LogP contribution in [0.5, 0.6) is 5.75 Å². The second-order valence-electron chi connectivity index (χ2n) is 2.92. The highest BCUT2D eigenvalue weighted by atomic mass is 16.6. The van der Waals surface area contributed by atoms with Gasteiger partial charge in [-0.25, -0.2) is 4.79 Å². The maximum absolute atomic E-state index is 11.3. The molecule has 0 saturated carbocycles. The Morgan fingerprint density at radius 3 is 2.71 bits per heavy atom. The van der Waals surface area contributed by atoms with E-state index in [2.05, 4.69) is 0 Å². The highest BCUT2D eigenvalue weighted by Gasteiger charge is 2.14. The summed E-state index contributed by atoms with van der Waals surface area (Å²) in [5, 5.41) is 18.0. The first kappa shape index (κ1) is 10.5. The second-order valence-corrected chi connectivity index (χ2v) is 2.92. The van der Waals surface area contributed by atoms with Crippen molar-refractivity contribution in [2.45, 2.75) is 13.0 Å². The highest BCUT2D eigenvalue weighted by Crippen LogP contribution is 2.16. The summed E-state index contributed by atoms with van der Waals surface area (Å²) in [6.45, 7) is 1.33. The van der Waals surface area contributed by atoms with Gasteiger partial charge in [-0.15, -0.1) is 0 Å². The van der Waals surface area contributed by atoms with Crippen LogP contribution in [0.3, 0.4) is 0 Å². The minimum absolute atomic E-state index is 0.104. The van der Waals surface area contributed by atoms with Crippen molar-refractivity contribution in [1.29, 1.82) is 0 Å². The highest BCUT2D eigenvalue weighted by molar-refractivity contribution is 5.92. The summed E-state index contributed by atoms with van der Waals surface area (Å²) in [6, 6.07) is 6.10. The molecule has 0 saturated heterocycles. The fourth-order valence-corrected chi connectivity index (χ4v) is 0.930. The molecule has 0 aliphatic carbocycles. The van der Waals surface area contributed by atoms with E-state index in [0.29, 0.717) is 0 Å². The van der Waals surface area contributed by atoms with Crippen molar-refractivity contribution in [2.24, 2.45) is 0 Å². The van der Waals surface area contributed by atoms with Gasteiger partial charge in [-0.2, -0.15) is 0 Å². The third-order valence-electron chi connectivity index (χ3n) is 1.69. The molecule has 1 unspecified atom stereocenters. The molecule has 2 N–H and O–H groups in total. The van der Waals surface area contributed by atoms with Crippen LogP contribution >= 0.6 is 0 Å². The van der Waals surface area contributed by atoms with E-state index in [9.17, 15) is 9.90 Å². The van der Waals surface area contributed by atoms with E-state index >= 15 is 0 Å². The van der Waals surface area contributed by atoms with Crippen LogP contribution < -0.4 is 0 Å². The molecule has 0 bridgehead atoms. The number of aromatic hydroxyl groups is 1. The van der Waals surface area contributed by atoms with Gasteiger partial charge in [0.2, 0.25) is 0 Å². The lowest BCUT2D eigenvalue weighted by atomic mass is 10.2. The number of carbonyl (C=O) groups is 1. The van der Waals surface area contributed by atoms with Crippen LogP contribution in [0.1, 0.15) is 17.3 Å². The lowest BCUT2D eigenvalue weighted by Gasteiger charge is -2.10. The molecule has 14 heavy (non-hydrogen) atoms. The van der Waals surface area contributed by atoms with Crippen molar-refractivity contribution in [3.05, 3.63) is 29.8 Å². The van der Waals surface area contributed by atoms with Gasteiger partial charge < -0.3 is 14.9 Å². The van der Waals surface area contributed by atoms with Gasteiger partial charge in [-0.1, -0.05) is 12.1 Å². The van der Waals surface area contributed by atoms with Crippen molar-refractivity contribution in [3.63, 3.8) is 0 Å². The average Bonchev–Trinajstić information content (AvgIpc) is 2.18. The summed E-state index contributed by atoms with van der Waals surface area (Å²) in [6.07, 6.45) is -0.567. The first-order chi connectivity index (χ1) is 6.65. The Hall–Kier alpha value is -1.55. The van der Waals surface area contributed by atoms with Gasteiger partial charge >= 0.3 is 5.97 Å². The minimum Gasteiger partial charge on any atom is -0.507 e. The molecule has 1 atom stereocenters. The Bertz CT molecular complexity index is 322. The van der Waals surface area contributed by atoms with Gasteiger partial charge in [0, 0.05) is 0 Å². The SMILES string of the molecule is CC(CO)OC(=O)c1ccccc1O. The first-order valence-corrected chi connectivity index (χ1v) is 4.25.